The number of esters is 1. The van der Waals surface area contributed by atoms with Crippen LogP contribution in [0.25, 0.3) is 0 Å². The predicted octanol–water partition coefficient (Wildman–Crippen LogP) is 2.81. The van der Waals surface area contributed by atoms with Crippen molar-refractivity contribution < 1.29 is 19.4 Å². The fourth-order valence-electron chi connectivity index (χ4n) is 2.66. The number of nitrogens with zero attached hydrogens (tertiary/aromatic N) is 1. The summed E-state index contributed by atoms with van der Waals surface area (Å²) in [5, 5.41) is 9.89. The van der Waals surface area contributed by atoms with E-state index >= 15 is 0 Å². The molecule has 0 fully saturated rings. The Bertz CT molecular complexity index is 821. The van der Waals surface area contributed by atoms with Gasteiger partial charge in [0, 0.05) is 24.0 Å². The number of ether oxygens (including phenoxy) is 2. The van der Waals surface area contributed by atoms with Gasteiger partial charge in [-0.3, -0.25) is 4.98 Å². The molecule has 0 bridgehead atoms. The van der Waals surface area contributed by atoms with Crippen molar-refractivity contribution in [3.8, 4) is 11.5 Å². The minimum Gasteiger partial charge on any atom is -0.507 e. The number of halogens is 1. The molecule has 1 unspecified atom stereocenters. The summed E-state index contributed by atoms with van der Waals surface area (Å²) < 4.78 is 11.2. The second-order valence-corrected chi connectivity index (χ2v) is 6.02. The van der Waals surface area contributed by atoms with Crippen LogP contribution in [0, 0.1) is 0 Å². The summed E-state index contributed by atoms with van der Waals surface area (Å²) in [6, 6.07) is 6.78. The van der Waals surface area contributed by atoms with Crippen molar-refractivity contribution in [1.29, 1.82) is 0 Å². The summed E-state index contributed by atoms with van der Waals surface area (Å²) in [4.78, 5) is 16.6. The molecule has 0 amide bonds. The van der Waals surface area contributed by atoms with Crippen LogP contribution in [-0.4, -0.2) is 22.7 Å². The predicted molar refractivity (Wildman–Crippen MR) is 90.4 cm³/mol. The Morgan fingerprint density at radius 3 is 2.96 bits per heavy atom. The summed E-state index contributed by atoms with van der Waals surface area (Å²) in [5.74, 6) is -0.685. The first kappa shape index (κ1) is 16.3. The second-order valence-electron chi connectivity index (χ2n) is 5.16. The van der Waals surface area contributed by atoms with Crippen LogP contribution >= 0.6 is 15.9 Å². The number of hydrogen-bond acceptors (Lipinski definition) is 6. The molecule has 0 saturated heterocycles. The van der Waals surface area contributed by atoms with Gasteiger partial charge in [-0.15, -0.1) is 0 Å². The summed E-state index contributed by atoms with van der Waals surface area (Å²) >= 11 is 3.29. The van der Waals surface area contributed by atoms with Crippen LogP contribution in [0.1, 0.15) is 24.0 Å². The van der Waals surface area contributed by atoms with Crippen molar-refractivity contribution in [2.75, 3.05) is 6.61 Å². The largest absolute Gasteiger partial charge is 0.507 e. The van der Waals surface area contributed by atoms with Gasteiger partial charge in [0.2, 0.25) is 5.88 Å². The fraction of sp³-hybridized carbons (Fsp3) is 0.176. The highest BCUT2D eigenvalue weighted by Gasteiger charge is 2.36. The van der Waals surface area contributed by atoms with Gasteiger partial charge in [0.1, 0.15) is 17.1 Å². The van der Waals surface area contributed by atoms with Gasteiger partial charge in [-0.1, -0.05) is 6.07 Å². The zero-order valence-corrected chi connectivity index (χ0v) is 14.4. The Labute approximate surface area is 147 Å². The first-order valence-corrected chi connectivity index (χ1v) is 8.09. The number of phenols is 1. The van der Waals surface area contributed by atoms with E-state index in [4.69, 9.17) is 15.2 Å². The zero-order valence-electron chi connectivity index (χ0n) is 12.8. The molecule has 1 aromatic carbocycles. The molecule has 1 atom stereocenters. The van der Waals surface area contributed by atoms with Gasteiger partial charge in [0.15, 0.2) is 0 Å². The summed E-state index contributed by atoms with van der Waals surface area (Å²) in [6.07, 6.45) is 3.31. The normalized spacial score (nSPS) is 16.3. The smallest absolute Gasteiger partial charge is 0.340 e. The van der Waals surface area contributed by atoms with E-state index in [0.29, 0.717) is 15.8 Å². The lowest BCUT2D eigenvalue weighted by atomic mass is 9.83. The van der Waals surface area contributed by atoms with Gasteiger partial charge in [0.05, 0.1) is 17.0 Å². The maximum Gasteiger partial charge on any atom is 0.340 e. The summed E-state index contributed by atoms with van der Waals surface area (Å²) in [7, 11) is 0. The Hall–Kier alpha value is -2.54. The minimum absolute atomic E-state index is 0.0195. The van der Waals surface area contributed by atoms with Gasteiger partial charge in [-0.2, -0.15) is 0 Å². The van der Waals surface area contributed by atoms with E-state index in [2.05, 4.69) is 20.9 Å². The Morgan fingerprint density at radius 2 is 2.29 bits per heavy atom. The average molecular weight is 391 g/mol. The number of rotatable bonds is 3. The molecule has 0 spiro atoms. The van der Waals surface area contributed by atoms with Gasteiger partial charge >= 0.3 is 5.97 Å². The Kier molecular flexibility index (Phi) is 4.44. The van der Waals surface area contributed by atoms with Crippen LogP contribution < -0.4 is 10.5 Å². The lowest BCUT2D eigenvalue weighted by Gasteiger charge is -2.28. The molecule has 124 valence electrons. The number of aromatic hydroxyl groups is 1. The molecule has 1 aromatic heterocycles. The highest BCUT2D eigenvalue weighted by molar-refractivity contribution is 9.10. The number of aromatic nitrogens is 1. The molecule has 2 aromatic rings. The van der Waals surface area contributed by atoms with E-state index in [1.807, 2.05) is 6.07 Å². The quantitative estimate of drug-likeness (QED) is 0.782. The highest BCUT2D eigenvalue weighted by atomic mass is 79.9. The topological polar surface area (TPSA) is 94.7 Å². The van der Waals surface area contributed by atoms with Gasteiger partial charge in [0.25, 0.3) is 0 Å². The maximum atomic E-state index is 12.4. The first-order chi connectivity index (χ1) is 11.5. The van der Waals surface area contributed by atoms with Crippen LogP contribution in [0.4, 0.5) is 0 Å². The number of hydrogen-bond donors (Lipinski definition) is 2. The van der Waals surface area contributed by atoms with Crippen LogP contribution in [-0.2, 0) is 9.53 Å². The van der Waals surface area contributed by atoms with Crippen molar-refractivity contribution in [2.24, 2.45) is 5.73 Å². The van der Waals surface area contributed by atoms with Crippen molar-refractivity contribution in [3.05, 3.63) is 63.7 Å². The van der Waals surface area contributed by atoms with Gasteiger partial charge in [-0.25, -0.2) is 4.79 Å². The number of benzene rings is 1. The molecule has 24 heavy (non-hydrogen) atoms. The molecule has 0 aliphatic carbocycles. The van der Waals surface area contributed by atoms with Crippen LogP contribution in [0.2, 0.25) is 0 Å². The maximum absolute atomic E-state index is 12.4. The molecular formula is C17H15BrN2O4. The third-order valence-corrected chi connectivity index (χ3v) is 4.31. The van der Waals surface area contributed by atoms with Crippen molar-refractivity contribution in [1.82, 2.24) is 4.98 Å². The van der Waals surface area contributed by atoms with Crippen molar-refractivity contribution >= 4 is 21.9 Å². The minimum atomic E-state index is -0.543. The number of nitrogens with two attached hydrogens (primary N) is 1. The first-order valence-electron chi connectivity index (χ1n) is 7.29. The molecule has 1 aliphatic heterocycles. The number of carbonyl (C=O) groups excluding carboxylic acids is 1. The van der Waals surface area contributed by atoms with E-state index in [1.54, 1.807) is 31.5 Å². The molecule has 0 saturated carbocycles. The zero-order chi connectivity index (χ0) is 17.3. The molecule has 2 heterocycles. The molecule has 3 N–H and O–H groups in total. The van der Waals surface area contributed by atoms with E-state index in [-0.39, 0.29) is 23.8 Å². The van der Waals surface area contributed by atoms with E-state index in [1.165, 1.54) is 6.07 Å². The molecule has 0 radical (unpaired) electrons. The average Bonchev–Trinajstić information content (AvgIpc) is 2.56. The second kappa shape index (κ2) is 6.52. The Morgan fingerprint density at radius 1 is 1.50 bits per heavy atom. The number of fused-ring (bicyclic) bond motifs is 1. The standard InChI is InChI=1S/C17H15BrN2O4/c1-2-23-17(22)15-14(9-4-3-5-20-8-9)10-6-11(18)12(21)7-13(10)24-16(15)19/h3-8,14,21H,2,19H2,1H3. The molecule has 6 nitrogen and oxygen atoms in total. The lowest BCUT2D eigenvalue weighted by Crippen LogP contribution is -2.27. The monoisotopic (exact) mass is 390 g/mol. The number of carbonyl (C=O) groups is 1. The number of pyridine rings is 1. The lowest BCUT2D eigenvalue weighted by molar-refractivity contribution is -0.139. The van der Waals surface area contributed by atoms with E-state index in [0.717, 1.165) is 5.56 Å². The summed E-state index contributed by atoms with van der Waals surface area (Å²) in [5.41, 5.74) is 7.66. The van der Waals surface area contributed by atoms with Crippen LogP contribution in [0.5, 0.6) is 11.5 Å². The number of phenolic OH excluding ortho intramolecular Hbond substituents is 1. The SMILES string of the molecule is CCOC(=O)C1=C(N)Oc2cc(O)c(Br)cc2C1c1cccnc1. The molecule has 1 aliphatic rings. The van der Waals surface area contributed by atoms with Crippen molar-refractivity contribution in [3.63, 3.8) is 0 Å². The van der Waals surface area contributed by atoms with Gasteiger partial charge in [-0.05, 0) is 40.5 Å². The third kappa shape index (κ3) is 2.82. The van der Waals surface area contributed by atoms with Gasteiger partial charge < -0.3 is 20.3 Å². The highest BCUT2D eigenvalue weighted by Crippen LogP contribution is 2.45. The molecule has 7 heteroatoms. The van der Waals surface area contributed by atoms with E-state index in [9.17, 15) is 9.90 Å². The summed E-state index contributed by atoms with van der Waals surface area (Å²) in [6.45, 7) is 1.95. The third-order valence-electron chi connectivity index (χ3n) is 3.68. The van der Waals surface area contributed by atoms with Crippen molar-refractivity contribution in [2.45, 2.75) is 12.8 Å². The van der Waals surface area contributed by atoms with E-state index < -0.39 is 11.9 Å². The Balaban J connectivity index is 2.22. The fourth-order valence-corrected chi connectivity index (χ4v) is 3.02. The van der Waals surface area contributed by atoms with Crippen LogP contribution in [0.15, 0.2) is 52.6 Å². The van der Waals surface area contributed by atoms with Crippen LogP contribution in [0.3, 0.4) is 0 Å². The molecule has 3 rings (SSSR count). The molecular weight excluding hydrogens is 376 g/mol.